The predicted molar refractivity (Wildman–Crippen MR) is 109 cm³/mol. The number of carbonyl (C=O) groups excluding carboxylic acids is 2. The van der Waals surface area contributed by atoms with Crippen molar-refractivity contribution >= 4 is 51.5 Å². The van der Waals surface area contributed by atoms with Crippen LogP contribution in [-0.4, -0.2) is 33.5 Å². The highest BCUT2D eigenvalue weighted by Gasteiger charge is 2.57. The summed E-state index contributed by atoms with van der Waals surface area (Å²) >= 11 is 3.37. The van der Waals surface area contributed by atoms with E-state index in [1.807, 2.05) is 46.7 Å². The number of pyridine rings is 1. The second-order valence-electron chi connectivity index (χ2n) is 6.72. The first-order chi connectivity index (χ1) is 13.2. The highest BCUT2D eigenvalue weighted by atomic mass is 32.2. The van der Waals surface area contributed by atoms with Crippen LogP contribution >= 0.6 is 23.1 Å². The number of nitrogens with one attached hydrogen (secondary N) is 1. The summed E-state index contributed by atoms with van der Waals surface area (Å²) in [5, 5.41) is 5.97. The van der Waals surface area contributed by atoms with Gasteiger partial charge in [-0.15, -0.1) is 23.1 Å². The van der Waals surface area contributed by atoms with Crippen molar-refractivity contribution in [2.45, 2.75) is 23.8 Å². The number of aromatic nitrogens is 1. The van der Waals surface area contributed by atoms with Gasteiger partial charge >= 0.3 is 0 Å². The molecule has 2 saturated heterocycles. The average molecular weight is 396 g/mol. The number of thioether (sulfide) groups is 1. The maximum Gasteiger partial charge on any atom is 0.248 e. The number of fused-ring (bicyclic) bond motifs is 2. The van der Waals surface area contributed by atoms with E-state index in [1.165, 1.54) is 0 Å². The van der Waals surface area contributed by atoms with E-state index in [2.05, 4.69) is 16.4 Å². The van der Waals surface area contributed by atoms with Crippen molar-refractivity contribution in [1.29, 1.82) is 0 Å². The van der Waals surface area contributed by atoms with E-state index in [4.69, 9.17) is 0 Å². The molecule has 0 aliphatic carbocycles. The van der Waals surface area contributed by atoms with Crippen molar-refractivity contribution in [3.05, 3.63) is 58.9 Å². The topological polar surface area (TPSA) is 62.3 Å². The van der Waals surface area contributed by atoms with Crippen LogP contribution in [0.4, 0.5) is 5.69 Å². The summed E-state index contributed by atoms with van der Waals surface area (Å²) in [6.07, 6.45) is 2.99. The Morgan fingerprint density at radius 3 is 3.00 bits per heavy atom. The summed E-state index contributed by atoms with van der Waals surface area (Å²) in [7, 11) is 0. The molecule has 2 aromatic heterocycles. The van der Waals surface area contributed by atoms with Crippen LogP contribution in [0.5, 0.6) is 0 Å². The minimum Gasteiger partial charge on any atom is -0.324 e. The van der Waals surface area contributed by atoms with Crippen LogP contribution < -0.4 is 5.32 Å². The minimum absolute atomic E-state index is 0.0631. The fourth-order valence-corrected chi connectivity index (χ4v) is 6.74. The lowest BCUT2D eigenvalue weighted by molar-refractivity contribution is -0.136. The molecule has 27 heavy (non-hydrogen) atoms. The molecule has 0 spiro atoms. The van der Waals surface area contributed by atoms with Crippen LogP contribution in [0.15, 0.2) is 54.0 Å². The first kappa shape index (κ1) is 16.8. The Balaban J connectivity index is 1.46. The van der Waals surface area contributed by atoms with Crippen LogP contribution in [0.25, 0.3) is 10.9 Å². The minimum atomic E-state index is -0.459. The van der Waals surface area contributed by atoms with Crippen LogP contribution in [0.3, 0.4) is 0 Å². The predicted octanol–water partition coefficient (Wildman–Crippen LogP) is 3.83. The standard InChI is InChI=1S/C20H17N3O2S2/c24-18-8-9-20(17-7-3-11-26-17)23(18)16(12-27-20)19(25)22-15-6-1-5-14-13(15)4-2-10-21-14/h1-7,10-11,16H,8-9,12H2,(H,22,25)/t16-,20-/m1/s1. The molecular weight excluding hydrogens is 378 g/mol. The van der Waals surface area contributed by atoms with E-state index in [-0.39, 0.29) is 16.7 Å². The molecule has 5 nitrogen and oxygen atoms in total. The molecule has 7 heteroatoms. The number of benzene rings is 1. The van der Waals surface area contributed by atoms with Crippen molar-refractivity contribution in [2.24, 2.45) is 0 Å². The number of hydrogen-bond donors (Lipinski definition) is 1. The maximum atomic E-state index is 13.1. The Morgan fingerprint density at radius 2 is 2.15 bits per heavy atom. The van der Waals surface area contributed by atoms with E-state index in [9.17, 15) is 9.59 Å². The molecule has 2 aliphatic rings. The summed E-state index contributed by atoms with van der Waals surface area (Å²) in [6, 6.07) is 13.1. The number of thiophene rings is 1. The number of anilines is 1. The molecular formula is C20H17N3O2S2. The Labute approximate surface area is 164 Å². The zero-order chi connectivity index (χ0) is 18.4. The van der Waals surface area contributed by atoms with Gasteiger partial charge in [-0.1, -0.05) is 12.1 Å². The third-order valence-corrected chi connectivity index (χ3v) is 7.97. The van der Waals surface area contributed by atoms with Gasteiger partial charge in [-0.2, -0.15) is 0 Å². The zero-order valence-electron chi connectivity index (χ0n) is 14.4. The van der Waals surface area contributed by atoms with E-state index in [1.54, 1.807) is 29.3 Å². The number of rotatable bonds is 3. The summed E-state index contributed by atoms with van der Waals surface area (Å²) in [5.41, 5.74) is 1.57. The lowest BCUT2D eigenvalue weighted by Crippen LogP contribution is -2.47. The van der Waals surface area contributed by atoms with Gasteiger partial charge in [-0.05, 0) is 42.1 Å². The Kier molecular flexibility index (Phi) is 3.94. The molecule has 0 radical (unpaired) electrons. The molecule has 4 heterocycles. The van der Waals surface area contributed by atoms with Gasteiger partial charge in [-0.25, -0.2) is 0 Å². The lowest BCUT2D eigenvalue weighted by Gasteiger charge is -2.32. The van der Waals surface area contributed by atoms with Crippen molar-refractivity contribution in [2.75, 3.05) is 11.1 Å². The van der Waals surface area contributed by atoms with Gasteiger partial charge < -0.3 is 10.2 Å². The van der Waals surface area contributed by atoms with Gasteiger partial charge in [0.2, 0.25) is 11.8 Å². The molecule has 136 valence electrons. The van der Waals surface area contributed by atoms with Gasteiger partial charge in [-0.3, -0.25) is 14.6 Å². The van der Waals surface area contributed by atoms with E-state index < -0.39 is 6.04 Å². The van der Waals surface area contributed by atoms with Crippen LogP contribution in [0.2, 0.25) is 0 Å². The molecule has 0 bridgehead atoms. The smallest absolute Gasteiger partial charge is 0.248 e. The van der Waals surface area contributed by atoms with Gasteiger partial charge in [0.15, 0.2) is 0 Å². The highest BCUT2D eigenvalue weighted by Crippen LogP contribution is 2.55. The number of carbonyl (C=O) groups is 2. The largest absolute Gasteiger partial charge is 0.324 e. The first-order valence-corrected chi connectivity index (χ1v) is 10.7. The van der Waals surface area contributed by atoms with E-state index >= 15 is 0 Å². The molecule has 0 saturated carbocycles. The van der Waals surface area contributed by atoms with E-state index in [0.29, 0.717) is 12.2 Å². The molecule has 2 amide bonds. The summed E-state index contributed by atoms with van der Waals surface area (Å²) in [6.45, 7) is 0. The molecule has 2 fully saturated rings. The van der Waals surface area contributed by atoms with Crippen molar-refractivity contribution in [3.63, 3.8) is 0 Å². The van der Waals surface area contributed by atoms with Crippen LogP contribution in [0, 0.1) is 0 Å². The number of amides is 2. The Hall–Kier alpha value is -2.38. The molecule has 0 unspecified atom stereocenters. The first-order valence-electron chi connectivity index (χ1n) is 8.84. The van der Waals surface area contributed by atoms with Crippen molar-refractivity contribution in [1.82, 2.24) is 9.88 Å². The normalized spacial score (nSPS) is 24.4. The SMILES string of the molecule is O=C(Nc1cccc2ncccc12)[C@H]1CS[C@@]2(c3cccs3)CCC(=O)N12. The van der Waals surface area contributed by atoms with Gasteiger partial charge in [0, 0.05) is 28.6 Å². The van der Waals surface area contributed by atoms with Crippen molar-refractivity contribution in [3.8, 4) is 0 Å². The maximum absolute atomic E-state index is 13.1. The molecule has 5 rings (SSSR count). The monoisotopic (exact) mass is 395 g/mol. The van der Waals surface area contributed by atoms with Crippen LogP contribution in [0.1, 0.15) is 17.7 Å². The summed E-state index contributed by atoms with van der Waals surface area (Å²) in [5.74, 6) is 0.541. The van der Waals surface area contributed by atoms with Crippen LogP contribution in [-0.2, 0) is 14.5 Å². The fourth-order valence-electron chi connectivity index (χ4n) is 4.01. The second kappa shape index (κ2) is 6.35. The molecule has 3 aromatic rings. The fraction of sp³-hybridized carbons (Fsp3) is 0.250. The highest BCUT2D eigenvalue weighted by molar-refractivity contribution is 8.00. The van der Waals surface area contributed by atoms with Gasteiger partial charge in [0.05, 0.1) is 11.2 Å². The van der Waals surface area contributed by atoms with Gasteiger partial charge in [0.25, 0.3) is 0 Å². The average Bonchev–Trinajstić information content (AvgIpc) is 3.40. The molecule has 1 N–H and O–H groups in total. The Morgan fingerprint density at radius 1 is 1.22 bits per heavy atom. The molecule has 2 atom stereocenters. The quantitative estimate of drug-likeness (QED) is 0.732. The van der Waals surface area contributed by atoms with E-state index in [0.717, 1.165) is 27.9 Å². The lowest BCUT2D eigenvalue weighted by atomic mass is 10.1. The van der Waals surface area contributed by atoms with Crippen molar-refractivity contribution < 1.29 is 9.59 Å². The second-order valence-corrected chi connectivity index (χ2v) is 8.96. The molecule has 1 aromatic carbocycles. The summed E-state index contributed by atoms with van der Waals surface area (Å²) in [4.78, 5) is 32.7. The number of nitrogens with zero attached hydrogens (tertiary/aromatic N) is 2. The summed E-state index contributed by atoms with van der Waals surface area (Å²) < 4.78 is 0. The molecule has 2 aliphatic heterocycles. The third kappa shape index (κ3) is 2.56. The Bertz CT molecular complexity index is 1030. The zero-order valence-corrected chi connectivity index (χ0v) is 16.1. The third-order valence-electron chi connectivity index (χ3n) is 5.24. The van der Waals surface area contributed by atoms with Gasteiger partial charge in [0.1, 0.15) is 10.9 Å². The number of hydrogen-bond acceptors (Lipinski definition) is 5.